The highest BCUT2D eigenvalue weighted by Crippen LogP contribution is 2.17. The topological polar surface area (TPSA) is 49.6 Å². The highest BCUT2D eigenvalue weighted by atomic mass is 14.8. The second-order valence-electron chi connectivity index (χ2n) is 5.24. The molecule has 3 nitrogen and oxygen atoms in total. The molecule has 1 heterocycles. The van der Waals surface area contributed by atoms with Gasteiger partial charge in [0.05, 0.1) is 11.6 Å². The number of nitriles is 1. The minimum Gasteiger partial charge on any atom is -0.237 e. The maximum Gasteiger partial charge on any atom is 0.159 e. The van der Waals surface area contributed by atoms with E-state index in [0.717, 1.165) is 28.1 Å². The first-order chi connectivity index (χ1) is 11.8. The van der Waals surface area contributed by atoms with Gasteiger partial charge in [-0.15, -0.1) is 0 Å². The molecule has 3 aromatic rings. The average molecular weight is 309 g/mol. The average Bonchev–Trinajstić information content (AvgIpc) is 2.67. The van der Waals surface area contributed by atoms with Crippen LogP contribution in [0.4, 0.5) is 0 Å². The Labute approximate surface area is 141 Å². The molecule has 1 aromatic heterocycles. The highest BCUT2D eigenvalue weighted by molar-refractivity contribution is 5.76. The summed E-state index contributed by atoms with van der Waals surface area (Å²) in [6.07, 6.45) is 7.55. The van der Waals surface area contributed by atoms with E-state index < -0.39 is 0 Å². The molecule has 0 saturated carbocycles. The summed E-state index contributed by atoms with van der Waals surface area (Å²) in [7, 11) is 0. The summed E-state index contributed by atoms with van der Waals surface area (Å²) in [4.78, 5) is 8.49. The number of benzene rings is 2. The molecule has 0 radical (unpaired) electrons. The lowest BCUT2D eigenvalue weighted by atomic mass is 10.1. The molecule has 2 aromatic carbocycles. The van der Waals surface area contributed by atoms with Crippen molar-refractivity contribution in [2.75, 3.05) is 0 Å². The van der Waals surface area contributed by atoms with Crippen molar-refractivity contribution in [3.63, 3.8) is 0 Å². The molecule has 0 unspecified atom stereocenters. The molecular weight excluding hydrogens is 294 g/mol. The van der Waals surface area contributed by atoms with Crippen LogP contribution >= 0.6 is 0 Å². The van der Waals surface area contributed by atoms with Gasteiger partial charge < -0.3 is 0 Å². The summed E-state index contributed by atoms with van der Waals surface area (Å²) < 4.78 is 0. The Hall–Kier alpha value is -3.51. The van der Waals surface area contributed by atoms with Crippen molar-refractivity contribution in [2.24, 2.45) is 0 Å². The first-order valence-corrected chi connectivity index (χ1v) is 7.51. The van der Waals surface area contributed by atoms with Crippen molar-refractivity contribution in [2.45, 2.75) is 0 Å². The van der Waals surface area contributed by atoms with Crippen molar-refractivity contribution < 1.29 is 0 Å². The van der Waals surface area contributed by atoms with Crippen LogP contribution in [0.2, 0.25) is 0 Å². The Morgan fingerprint density at radius 1 is 0.875 bits per heavy atom. The lowest BCUT2D eigenvalue weighted by Crippen LogP contribution is -1.86. The van der Waals surface area contributed by atoms with Gasteiger partial charge in [0.25, 0.3) is 0 Å². The second-order valence-corrected chi connectivity index (χ2v) is 5.24. The van der Waals surface area contributed by atoms with Crippen LogP contribution in [0.1, 0.15) is 16.7 Å². The quantitative estimate of drug-likeness (QED) is 0.511. The monoisotopic (exact) mass is 309 g/mol. The van der Waals surface area contributed by atoms with Crippen LogP contribution < -0.4 is 0 Å². The lowest BCUT2D eigenvalue weighted by Gasteiger charge is -2.01. The van der Waals surface area contributed by atoms with Gasteiger partial charge in [-0.2, -0.15) is 5.26 Å². The number of aromatic nitrogens is 2. The van der Waals surface area contributed by atoms with Gasteiger partial charge >= 0.3 is 0 Å². The number of rotatable bonds is 4. The van der Waals surface area contributed by atoms with E-state index in [1.54, 1.807) is 18.5 Å². The Kier molecular flexibility index (Phi) is 4.60. The van der Waals surface area contributed by atoms with E-state index in [0.29, 0.717) is 5.57 Å². The summed E-state index contributed by atoms with van der Waals surface area (Å²) in [6, 6.07) is 19.7. The first kappa shape index (κ1) is 15.4. The Morgan fingerprint density at radius 2 is 1.42 bits per heavy atom. The van der Waals surface area contributed by atoms with Crippen LogP contribution in [0.3, 0.4) is 0 Å². The minimum atomic E-state index is 0.476. The van der Waals surface area contributed by atoms with E-state index in [4.69, 9.17) is 5.26 Å². The molecular formula is C21H15N3. The molecule has 0 atom stereocenters. The number of hydrogen-bond acceptors (Lipinski definition) is 3. The zero-order valence-corrected chi connectivity index (χ0v) is 13.1. The van der Waals surface area contributed by atoms with Crippen LogP contribution in [0.25, 0.3) is 29.1 Å². The van der Waals surface area contributed by atoms with E-state index in [1.807, 2.05) is 60.7 Å². The van der Waals surface area contributed by atoms with Gasteiger partial charge in [0, 0.05) is 18.0 Å². The molecule has 3 heteroatoms. The van der Waals surface area contributed by atoms with Gasteiger partial charge in [-0.25, -0.2) is 9.97 Å². The van der Waals surface area contributed by atoms with Crippen molar-refractivity contribution in [1.29, 1.82) is 5.26 Å². The Bertz CT molecular complexity index is 900. The molecule has 0 bridgehead atoms. The lowest BCUT2D eigenvalue weighted by molar-refractivity contribution is 1.18. The number of nitrogens with zero attached hydrogens (tertiary/aromatic N) is 3. The standard InChI is InChI=1S/C21H15N3/c1-16(15-22)19-9-5-17(6-10-19)3-4-18-7-11-20(12-8-18)21-23-13-2-14-24-21/h2-14H,1H2/b4-3+. The van der Waals surface area contributed by atoms with Crippen LogP contribution in [0, 0.1) is 11.3 Å². The molecule has 24 heavy (non-hydrogen) atoms. The number of hydrogen-bond donors (Lipinski definition) is 0. The molecule has 0 spiro atoms. The maximum absolute atomic E-state index is 8.84. The fourth-order valence-corrected chi connectivity index (χ4v) is 2.24. The summed E-state index contributed by atoms with van der Waals surface area (Å²) in [5, 5.41) is 8.84. The molecule has 0 aliphatic heterocycles. The second kappa shape index (κ2) is 7.17. The van der Waals surface area contributed by atoms with E-state index >= 15 is 0 Å². The zero-order valence-electron chi connectivity index (χ0n) is 13.1. The smallest absolute Gasteiger partial charge is 0.159 e. The van der Waals surface area contributed by atoms with Gasteiger partial charge in [-0.3, -0.25) is 0 Å². The normalized spacial score (nSPS) is 10.5. The van der Waals surface area contributed by atoms with Gasteiger partial charge in [0.15, 0.2) is 5.82 Å². The van der Waals surface area contributed by atoms with Crippen molar-refractivity contribution in [1.82, 2.24) is 9.97 Å². The van der Waals surface area contributed by atoms with Gasteiger partial charge in [-0.1, -0.05) is 67.3 Å². The molecule has 114 valence electrons. The predicted molar refractivity (Wildman–Crippen MR) is 97.5 cm³/mol. The summed E-state index contributed by atoms with van der Waals surface area (Å²) in [5.41, 5.74) is 4.48. The fourth-order valence-electron chi connectivity index (χ4n) is 2.24. The van der Waals surface area contributed by atoms with E-state index in [9.17, 15) is 0 Å². The molecule has 0 saturated heterocycles. The van der Waals surface area contributed by atoms with Crippen LogP contribution in [-0.4, -0.2) is 9.97 Å². The number of allylic oxidation sites excluding steroid dienone is 1. The van der Waals surface area contributed by atoms with E-state index in [2.05, 4.69) is 22.6 Å². The molecule has 0 N–H and O–H groups in total. The largest absolute Gasteiger partial charge is 0.237 e. The predicted octanol–water partition coefficient (Wildman–Crippen LogP) is 4.85. The van der Waals surface area contributed by atoms with Crippen molar-refractivity contribution in [3.05, 3.63) is 90.3 Å². The SMILES string of the molecule is C=C(C#N)c1ccc(/C=C/c2ccc(-c3ncccn3)cc2)cc1. The van der Waals surface area contributed by atoms with Crippen molar-refractivity contribution in [3.8, 4) is 17.5 Å². The van der Waals surface area contributed by atoms with Crippen LogP contribution in [0.15, 0.2) is 73.6 Å². The van der Waals surface area contributed by atoms with Gasteiger partial charge in [0.1, 0.15) is 0 Å². The molecule has 3 rings (SSSR count). The van der Waals surface area contributed by atoms with Gasteiger partial charge in [-0.05, 0) is 22.8 Å². The van der Waals surface area contributed by atoms with E-state index in [-0.39, 0.29) is 0 Å². The Morgan fingerprint density at radius 3 is 1.96 bits per heavy atom. The van der Waals surface area contributed by atoms with Crippen LogP contribution in [0.5, 0.6) is 0 Å². The highest BCUT2D eigenvalue weighted by Gasteiger charge is 1.99. The summed E-state index contributed by atoms with van der Waals surface area (Å²) in [5.74, 6) is 0.723. The molecule has 0 amide bonds. The third-order valence-corrected chi connectivity index (χ3v) is 3.60. The minimum absolute atomic E-state index is 0.476. The Balaban J connectivity index is 1.73. The van der Waals surface area contributed by atoms with Crippen molar-refractivity contribution >= 4 is 17.7 Å². The molecule has 0 aliphatic carbocycles. The molecule has 0 fully saturated rings. The third kappa shape index (κ3) is 3.63. The summed E-state index contributed by atoms with van der Waals surface area (Å²) in [6.45, 7) is 3.71. The van der Waals surface area contributed by atoms with E-state index in [1.165, 1.54) is 0 Å². The first-order valence-electron chi connectivity index (χ1n) is 7.51. The fraction of sp³-hybridized carbons (Fsp3) is 0. The van der Waals surface area contributed by atoms with Crippen LogP contribution in [-0.2, 0) is 0 Å². The maximum atomic E-state index is 8.84. The summed E-state index contributed by atoms with van der Waals surface area (Å²) >= 11 is 0. The van der Waals surface area contributed by atoms with Gasteiger partial charge in [0.2, 0.25) is 0 Å². The third-order valence-electron chi connectivity index (χ3n) is 3.60. The zero-order chi connectivity index (χ0) is 16.8. The molecule has 0 aliphatic rings.